The fourth-order valence-corrected chi connectivity index (χ4v) is 2.05. The molecule has 4 nitrogen and oxygen atoms in total. The molecule has 0 unspecified atom stereocenters. The molecule has 1 aromatic heterocycles. The highest BCUT2D eigenvalue weighted by molar-refractivity contribution is 6.07. The quantitative estimate of drug-likeness (QED) is 0.927. The summed E-state index contributed by atoms with van der Waals surface area (Å²) in [5.74, 6) is 0.371. The number of benzene rings is 1. The molecule has 104 valence electrons. The molecule has 0 saturated carbocycles. The minimum Gasteiger partial charge on any atom is -0.493 e. The Morgan fingerprint density at radius 3 is 2.60 bits per heavy atom. The van der Waals surface area contributed by atoms with E-state index in [4.69, 9.17) is 4.74 Å². The van der Waals surface area contributed by atoms with E-state index in [9.17, 15) is 4.79 Å². The van der Waals surface area contributed by atoms with Crippen LogP contribution in [0, 0.1) is 13.8 Å². The summed E-state index contributed by atoms with van der Waals surface area (Å²) in [6.45, 7) is 6.10. The molecule has 0 saturated heterocycles. The average molecular weight is 270 g/mol. The van der Waals surface area contributed by atoms with Crippen LogP contribution in [0.15, 0.2) is 36.4 Å². The first-order valence-corrected chi connectivity index (χ1v) is 6.59. The highest BCUT2D eigenvalue weighted by atomic mass is 16.5. The molecular formula is C16H18N2O2. The third-order valence-electron chi connectivity index (χ3n) is 2.85. The Kier molecular flexibility index (Phi) is 4.35. The van der Waals surface area contributed by atoms with Gasteiger partial charge < -0.3 is 10.1 Å². The topological polar surface area (TPSA) is 51.2 Å². The maximum absolute atomic E-state index is 12.4. The maximum atomic E-state index is 12.4. The van der Waals surface area contributed by atoms with Gasteiger partial charge in [0.2, 0.25) is 0 Å². The van der Waals surface area contributed by atoms with E-state index in [1.54, 1.807) is 6.07 Å². The van der Waals surface area contributed by atoms with Crippen molar-refractivity contribution in [2.75, 3.05) is 11.9 Å². The fourth-order valence-electron chi connectivity index (χ4n) is 2.05. The lowest BCUT2D eigenvalue weighted by atomic mass is 10.1. The van der Waals surface area contributed by atoms with Crippen LogP contribution < -0.4 is 10.1 Å². The summed E-state index contributed by atoms with van der Waals surface area (Å²) in [5.41, 5.74) is 2.74. The molecule has 0 aliphatic rings. The molecule has 0 aliphatic heterocycles. The molecule has 0 fully saturated rings. The number of amides is 1. The molecule has 1 aromatic carbocycles. The molecule has 1 N–H and O–H groups in total. The van der Waals surface area contributed by atoms with E-state index >= 15 is 0 Å². The van der Waals surface area contributed by atoms with Gasteiger partial charge in [-0.25, -0.2) is 0 Å². The number of hydrogen-bond acceptors (Lipinski definition) is 3. The molecule has 0 aliphatic carbocycles. The van der Waals surface area contributed by atoms with Gasteiger partial charge >= 0.3 is 0 Å². The van der Waals surface area contributed by atoms with Gasteiger partial charge in [0.25, 0.3) is 5.91 Å². The second kappa shape index (κ2) is 6.19. The number of anilines is 1. The van der Waals surface area contributed by atoms with E-state index < -0.39 is 0 Å². The first kappa shape index (κ1) is 14.1. The second-order valence-electron chi connectivity index (χ2n) is 4.48. The number of pyridine rings is 1. The smallest absolute Gasteiger partial charge is 0.261 e. The number of hydrogen-bond donors (Lipinski definition) is 1. The zero-order chi connectivity index (χ0) is 14.5. The number of nitrogens with zero attached hydrogens (tertiary/aromatic N) is 1. The van der Waals surface area contributed by atoms with Crippen LogP contribution in [0.3, 0.4) is 0 Å². The van der Waals surface area contributed by atoms with Crippen molar-refractivity contribution in [1.29, 1.82) is 0 Å². The van der Waals surface area contributed by atoms with Crippen molar-refractivity contribution in [2.45, 2.75) is 20.8 Å². The first-order chi connectivity index (χ1) is 9.61. The number of rotatable bonds is 4. The summed E-state index contributed by atoms with van der Waals surface area (Å²) in [6, 6.07) is 11.1. The Hall–Kier alpha value is -2.36. The molecule has 2 aromatic rings. The van der Waals surface area contributed by atoms with Crippen LogP contribution in [-0.2, 0) is 0 Å². The van der Waals surface area contributed by atoms with Crippen molar-refractivity contribution in [1.82, 2.24) is 4.98 Å². The molecule has 4 heteroatoms. The number of nitrogens with one attached hydrogen (secondary N) is 1. The van der Waals surface area contributed by atoms with Gasteiger partial charge in [-0.15, -0.1) is 0 Å². The monoisotopic (exact) mass is 270 g/mol. The van der Waals surface area contributed by atoms with Gasteiger partial charge in [0.15, 0.2) is 0 Å². The highest BCUT2D eigenvalue weighted by Gasteiger charge is 2.17. The van der Waals surface area contributed by atoms with Crippen molar-refractivity contribution in [3.8, 4) is 5.75 Å². The standard InChI is InChI=1S/C16H18N2O2/c1-4-20-14-10-11(2)17-12(3)15(14)16(19)18-13-8-6-5-7-9-13/h5-10H,4H2,1-3H3,(H,18,19). The summed E-state index contributed by atoms with van der Waals surface area (Å²) >= 11 is 0. The number of ether oxygens (including phenoxy) is 1. The predicted octanol–water partition coefficient (Wildman–Crippen LogP) is 3.35. The van der Waals surface area contributed by atoms with Gasteiger partial charge in [0.1, 0.15) is 11.3 Å². The van der Waals surface area contributed by atoms with Crippen LogP contribution in [-0.4, -0.2) is 17.5 Å². The lowest BCUT2D eigenvalue weighted by Crippen LogP contribution is -2.16. The largest absolute Gasteiger partial charge is 0.493 e. The Labute approximate surface area is 118 Å². The van der Waals surface area contributed by atoms with E-state index in [1.165, 1.54) is 0 Å². The third-order valence-corrected chi connectivity index (χ3v) is 2.85. The Balaban J connectivity index is 2.33. The van der Waals surface area contributed by atoms with Crippen molar-refractivity contribution < 1.29 is 9.53 Å². The lowest BCUT2D eigenvalue weighted by Gasteiger charge is -2.13. The summed E-state index contributed by atoms with van der Waals surface area (Å²) in [7, 11) is 0. The van der Waals surface area contributed by atoms with Crippen LogP contribution in [0.4, 0.5) is 5.69 Å². The van der Waals surface area contributed by atoms with Gasteiger partial charge in [-0.2, -0.15) is 0 Å². The summed E-state index contributed by atoms with van der Waals surface area (Å²) in [4.78, 5) is 16.7. The summed E-state index contributed by atoms with van der Waals surface area (Å²) < 4.78 is 5.56. The van der Waals surface area contributed by atoms with Gasteiger partial charge in [-0.05, 0) is 32.9 Å². The van der Waals surface area contributed by atoms with Crippen LogP contribution in [0.2, 0.25) is 0 Å². The van der Waals surface area contributed by atoms with E-state index in [-0.39, 0.29) is 5.91 Å². The number of para-hydroxylation sites is 1. The minimum absolute atomic E-state index is 0.204. The fraction of sp³-hybridized carbons (Fsp3) is 0.250. The zero-order valence-electron chi connectivity index (χ0n) is 11.9. The number of aromatic nitrogens is 1. The SMILES string of the molecule is CCOc1cc(C)nc(C)c1C(=O)Nc1ccccc1. The Morgan fingerprint density at radius 1 is 1.25 bits per heavy atom. The minimum atomic E-state index is -0.204. The van der Waals surface area contributed by atoms with Crippen molar-refractivity contribution in [2.24, 2.45) is 0 Å². The van der Waals surface area contributed by atoms with E-state index in [1.807, 2.05) is 51.1 Å². The molecule has 1 heterocycles. The van der Waals surface area contributed by atoms with Crippen molar-refractivity contribution >= 4 is 11.6 Å². The molecule has 0 spiro atoms. The molecule has 0 bridgehead atoms. The zero-order valence-corrected chi connectivity index (χ0v) is 11.9. The van der Waals surface area contributed by atoms with Gasteiger partial charge in [-0.1, -0.05) is 18.2 Å². The molecular weight excluding hydrogens is 252 g/mol. The molecule has 1 amide bonds. The van der Waals surface area contributed by atoms with Crippen molar-refractivity contribution in [3.63, 3.8) is 0 Å². The van der Waals surface area contributed by atoms with Gasteiger partial charge in [-0.3, -0.25) is 9.78 Å². The number of carbonyl (C=O) groups is 1. The van der Waals surface area contributed by atoms with Crippen molar-refractivity contribution in [3.05, 3.63) is 53.3 Å². The van der Waals surface area contributed by atoms with Gasteiger partial charge in [0.05, 0.1) is 12.3 Å². The Morgan fingerprint density at radius 2 is 1.95 bits per heavy atom. The summed E-state index contributed by atoms with van der Waals surface area (Å²) in [6.07, 6.45) is 0. The van der Waals surface area contributed by atoms with Crippen LogP contribution in [0.25, 0.3) is 0 Å². The first-order valence-electron chi connectivity index (χ1n) is 6.59. The van der Waals surface area contributed by atoms with Crippen LogP contribution in [0.5, 0.6) is 5.75 Å². The van der Waals surface area contributed by atoms with E-state index in [0.717, 1.165) is 11.4 Å². The molecule has 0 atom stereocenters. The molecule has 0 radical (unpaired) electrons. The third kappa shape index (κ3) is 3.15. The van der Waals surface area contributed by atoms with E-state index in [2.05, 4.69) is 10.3 Å². The number of aryl methyl sites for hydroxylation is 2. The predicted molar refractivity (Wildman–Crippen MR) is 79.3 cm³/mol. The van der Waals surface area contributed by atoms with Crippen LogP contribution in [0.1, 0.15) is 28.7 Å². The van der Waals surface area contributed by atoms with Crippen LogP contribution >= 0.6 is 0 Å². The average Bonchev–Trinajstić information content (AvgIpc) is 2.39. The van der Waals surface area contributed by atoms with E-state index in [0.29, 0.717) is 23.6 Å². The second-order valence-corrected chi connectivity index (χ2v) is 4.48. The lowest BCUT2D eigenvalue weighted by molar-refractivity contribution is 0.102. The summed E-state index contributed by atoms with van der Waals surface area (Å²) in [5, 5.41) is 2.86. The molecule has 20 heavy (non-hydrogen) atoms. The Bertz CT molecular complexity index is 609. The number of carbonyl (C=O) groups excluding carboxylic acids is 1. The van der Waals surface area contributed by atoms with Gasteiger partial charge in [0, 0.05) is 17.4 Å². The highest BCUT2D eigenvalue weighted by Crippen LogP contribution is 2.23. The molecule has 2 rings (SSSR count). The maximum Gasteiger partial charge on any atom is 0.261 e. The normalized spacial score (nSPS) is 10.2.